The fourth-order valence-electron chi connectivity index (χ4n) is 2.59. The molecule has 23 heavy (non-hydrogen) atoms. The Labute approximate surface area is 137 Å². The summed E-state index contributed by atoms with van der Waals surface area (Å²) in [6.45, 7) is 8.54. The highest BCUT2D eigenvalue weighted by Crippen LogP contribution is 2.29. The molecule has 2 amide bonds. The van der Waals surface area contributed by atoms with E-state index in [2.05, 4.69) is 5.32 Å². The van der Waals surface area contributed by atoms with Crippen LogP contribution in [0.5, 0.6) is 0 Å². The van der Waals surface area contributed by atoms with E-state index in [1.54, 1.807) is 11.0 Å². The third-order valence-corrected chi connectivity index (χ3v) is 4.30. The molecule has 0 fully saturated rings. The monoisotopic (exact) mass is 318 g/mol. The summed E-state index contributed by atoms with van der Waals surface area (Å²) in [6.07, 6.45) is 0.651. The van der Waals surface area contributed by atoms with Crippen molar-refractivity contribution in [2.45, 2.75) is 46.6 Å². The van der Waals surface area contributed by atoms with Gasteiger partial charge in [-0.1, -0.05) is 27.7 Å². The number of hydrogen-bond donors (Lipinski definition) is 2. The molecular formula is C18H26N2O3. The van der Waals surface area contributed by atoms with Crippen LogP contribution < -0.4 is 10.2 Å². The van der Waals surface area contributed by atoms with Gasteiger partial charge in [-0.15, -0.1) is 0 Å². The van der Waals surface area contributed by atoms with Gasteiger partial charge in [0, 0.05) is 30.8 Å². The van der Waals surface area contributed by atoms with Gasteiger partial charge in [-0.25, -0.2) is 0 Å². The van der Waals surface area contributed by atoms with E-state index in [0.717, 1.165) is 17.7 Å². The van der Waals surface area contributed by atoms with E-state index >= 15 is 0 Å². The fraction of sp³-hybridized carbons (Fsp3) is 0.556. The zero-order chi connectivity index (χ0) is 17.2. The molecule has 5 heteroatoms. The van der Waals surface area contributed by atoms with Gasteiger partial charge in [0.15, 0.2) is 0 Å². The largest absolute Gasteiger partial charge is 0.391 e. The summed E-state index contributed by atoms with van der Waals surface area (Å²) in [5.74, 6) is -0.0920. The number of aliphatic hydroxyl groups is 1. The highest BCUT2D eigenvalue weighted by Gasteiger charge is 2.25. The van der Waals surface area contributed by atoms with Crippen LogP contribution in [-0.4, -0.2) is 36.1 Å². The summed E-state index contributed by atoms with van der Waals surface area (Å²) in [5.41, 5.74) is 2.22. The maximum Gasteiger partial charge on any atom is 0.251 e. The average Bonchev–Trinajstić information content (AvgIpc) is 2.93. The zero-order valence-electron chi connectivity index (χ0n) is 14.3. The Morgan fingerprint density at radius 1 is 1.35 bits per heavy atom. The highest BCUT2D eigenvalue weighted by atomic mass is 16.3. The molecule has 0 aromatic heterocycles. The zero-order valence-corrected chi connectivity index (χ0v) is 14.3. The van der Waals surface area contributed by atoms with Crippen molar-refractivity contribution in [3.63, 3.8) is 0 Å². The molecule has 1 aliphatic rings. The van der Waals surface area contributed by atoms with Crippen LogP contribution in [0.25, 0.3) is 0 Å². The van der Waals surface area contributed by atoms with Gasteiger partial charge < -0.3 is 15.3 Å². The van der Waals surface area contributed by atoms with Crippen molar-refractivity contribution in [3.05, 3.63) is 29.3 Å². The van der Waals surface area contributed by atoms with Gasteiger partial charge in [0.2, 0.25) is 5.91 Å². The molecule has 1 aromatic rings. The van der Waals surface area contributed by atoms with Crippen molar-refractivity contribution in [2.24, 2.45) is 5.41 Å². The quantitative estimate of drug-likeness (QED) is 0.893. The normalized spacial score (nSPS) is 15.3. The molecular weight excluding hydrogens is 292 g/mol. The fourth-order valence-corrected chi connectivity index (χ4v) is 2.59. The maximum absolute atomic E-state index is 12.2. The van der Waals surface area contributed by atoms with Gasteiger partial charge in [0.25, 0.3) is 5.91 Å². The second kappa shape index (κ2) is 6.71. The van der Waals surface area contributed by atoms with Crippen molar-refractivity contribution in [2.75, 3.05) is 18.0 Å². The Morgan fingerprint density at radius 2 is 2.04 bits per heavy atom. The minimum Gasteiger partial charge on any atom is -0.391 e. The Kier molecular flexibility index (Phi) is 5.09. The number of amides is 2. The van der Waals surface area contributed by atoms with E-state index in [0.29, 0.717) is 18.5 Å². The molecule has 1 aromatic carbocycles. The van der Waals surface area contributed by atoms with Crippen LogP contribution in [0.2, 0.25) is 0 Å². The number of hydrogen-bond acceptors (Lipinski definition) is 3. The molecule has 0 radical (unpaired) electrons. The number of nitrogens with zero attached hydrogens (tertiary/aromatic N) is 1. The summed E-state index contributed by atoms with van der Waals surface area (Å²) >= 11 is 0. The number of anilines is 1. The lowest BCUT2D eigenvalue weighted by Gasteiger charge is -2.25. The molecule has 1 heterocycles. The van der Waals surface area contributed by atoms with E-state index in [4.69, 9.17) is 0 Å². The summed E-state index contributed by atoms with van der Waals surface area (Å²) in [7, 11) is 0. The number of benzene rings is 1. The molecule has 2 rings (SSSR count). The number of aliphatic hydroxyl groups excluding tert-OH is 1. The number of carbonyl (C=O) groups is 2. The molecule has 126 valence electrons. The molecule has 0 spiro atoms. The van der Waals surface area contributed by atoms with Crippen LogP contribution in [0.3, 0.4) is 0 Å². The van der Waals surface area contributed by atoms with Crippen LogP contribution in [-0.2, 0) is 11.2 Å². The van der Waals surface area contributed by atoms with Crippen LogP contribution in [0.4, 0.5) is 5.69 Å². The number of carbonyl (C=O) groups excluding carboxylic acids is 2. The van der Waals surface area contributed by atoms with Crippen LogP contribution in [0.1, 0.15) is 50.0 Å². The summed E-state index contributed by atoms with van der Waals surface area (Å²) in [6, 6.07) is 5.42. The SMILES string of the molecule is CCC(=O)N1CCc2cc(C(=O)NCC(O)C(C)(C)C)ccc21. The summed E-state index contributed by atoms with van der Waals surface area (Å²) in [4.78, 5) is 25.9. The highest BCUT2D eigenvalue weighted by molar-refractivity contribution is 5.98. The second-order valence-corrected chi connectivity index (χ2v) is 7.08. The lowest BCUT2D eigenvalue weighted by Crippen LogP contribution is -2.39. The number of nitrogens with one attached hydrogen (secondary N) is 1. The lowest BCUT2D eigenvalue weighted by molar-refractivity contribution is -0.118. The van der Waals surface area contributed by atoms with Crippen LogP contribution >= 0.6 is 0 Å². The Bertz CT molecular complexity index is 605. The number of fused-ring (bicyclic) bond motifs is 1. The van der Waals surface area contributed by atoms with Crippen molar-refractivity contribution in [1.82, 2.24) is 5.32 Å². The van der Waals surface area contributed by atoms with Crippen molar-refractivity contribution in [1.29, 1.82) is 0 Å². The van der Waals surface area contributed by atoms with Gasteiger partial charge in [-0.05, 0) is 35.6 Å². The summed E-state index contributed by atoms with van der Waals surface area (Å²) < 4.78 is 0. The van der Waals surface area contributed by atoms with Crippen molar-refractivity contribution >= 4 is 17.5 Å². The molecule has 1 aliphatic heterocycles. The second-order valence-electron chi connectivity index (χ2n) is 7.08. The smallest absolute Gasteiger partial charge is 0.251 e. The number of rotatable bonds is 4. The molecule has 0 saturated carbocycles. The topological polar surface area (TPSA) is 69.6 Å². The van der Waals surface area contributed by atoms with Gasteiger partial charge in [-0.2, -0.15) is 0 Å². The summed E-state index contributed by atoms with van der Waals surface area (Å²) in [5, 5.41) is 12.8. The minimum atomic E-state index is -0.599. The average molecular weight is 318 g/mol. The predicted molar refractivity (Wildman–Crippen MR) is 90.6 cm³/mol. The molecule has 1 atom stereocenters. The van der Waals surface area contributed by atoms with E-state index < -0.39 is 6.10 Å². The Morgan fingerprint density at radius 3 is 2.65 bits per heavy atom. The first-order chi connectivity index (χ1) is 10.7. The van der Waals surface area contributed by atoms with E-state index in [1.807, 2.05) is 39.8 Å². The third-order valence-electron chi connectivity index (χ3n) is 4.30. The van der Waals surface area contributed by atoms with Gasteiger partial charge in [-0.3, -0.25) is 9.59 Å². The first-order valence-corrected chi connectivity index (χ1v) is 8.13. The molecule has 2 N–H and O–H groups in total. The van der Waals surface area contributed by atoms with E-state index in [1.165, 1.54) is 0 Å². The maximum atomic E-state index is 12.2. The van der Waals surface area contributed by atoms with E-state index in [-0.39, 0.29) is 23.8 Å². The van der Waals surface area contributed by atoms with Crippen LogP contribution in [0, 0.1) is 5.41 Å². The molecule has 0 aliphatic carbocycles. The van der Waals surface area contributed by atoms with Crippen molar-refractivity contribution < 1.29 is 14.7 Å². The first-order valence-electron chi connectivity index (χ1n) is 8.13. The van der Waals surface area contributed by atoms with Crippen molar-refractivity contribution in [3.8, 4) is 0 Å². The molecule has 0 bridgehead atoms. The molecule has 5 nitrogen and oxygen atoms in total. The lowest BCUT2D eigenvalue weighted by atomic mass is 9.89. The van der Waals surface area contributed by atoms with Gasteiger partial charge >= 0.3 is 0 Å². The van der Waals surface area contributed by atoms with Gasteiger partial charge in [0.05, 0.1) is 6.10 Å². The first kappa shape index (κ1) is 17.5. The Balaban J connectivity index is 2.05. The molecule has 1 unspecified atom stereocenters. The van der Waals surface area contributed by atoms with Gasteiger partial charge in [0.1, 0.15) is 0 Å². The standard InChI is InChI=1S/C18H26N2O3/c1-5-16(22)20-9-8-12-10-13(6-7-14(12)20)17(23)19-11-15(21)18(2,3)4/h6-7,10,15,21H,5,8-9,11H2,1-4H3,(H,19,23). The predicted octanol–water partition coefficient (Wildman–Crippen LogP) is 2.12. The molecule has 0 saturated heterocycles. The Hall–Kier alpha value is -1.88. The minimum absolute atomic E-state index is 0.106. The third kappa shape index (κ3) is 3.91. The van der Waals surface area contributed by atoms with E-state index in [9.17, 15) is 14.7 Å². The van der Waals surface area contributed by atoms with Crippen LogP contribution in [0.15, 0.2) is 18.2 Å².